The van der Waals surface area contributed by atoms with Gasteiger partial charge in [0.1, 0.15) is 0 Å². The van der Waals surface area contributed by atoms with Gasteiger partial charge in [-0.2, -0.15) is 9.78 Å². The van der Waals surface area contributed by atoms with Crippen LogP contribution >= 0.6 is 11.8 Å². The largest absolute Gasteiger partial charge is 0.378 e. The maximum Gasteiger partial charge on any atom is 0.293 e. The predicted molar refractivity (Wildman–Crippen MR) is 101 cm³/mol. The van der Waals surface area contributed by atoms with Crippen molar-refractivity contribution < 1.29 is 9.42 Å². The first-order valence-electron chi connectivity index (χ1n) is 8.02. The molecule has 140 valence electrons. The fraction of sp³-hybridized carbons (Fsp3) is 0.250. The number of nitrogens with two attached hydrogens (primary N) is 1. The molecule has 27 heavy (non-hydrogen) atoms. The molecular weight excluding hydrogens is 368 g/mol. The minimum Gasteiger partial charge on any atom is -0.378 e. The number of thioether (sulfide) groups is 1. The van der Waals surface area contributed by atoms with Crippen molar-refractivity contribution in [3.8, 4) is 5.82 Å². The minimum absolute atomic E-state index is 0.0560. The first-order valence-corrected chi connectivity index (χ1v) is 9.25. The highest BCUT2D eigenvalue weighted by molar-refractivity contribution is 7.98. The molecule has 3 rings (SSSR count). The summed E-state index contributed by atoms with van der Waals surface area (Å²) < 4.78 is 5.94. The number of nitrogens with zero attached hydrogens (tertiary/aromatic N) is 6. The van der Waals surface area contributed by atoms with Gasteiger partial charge in [0.2, 0.25) is 11.6 Å². The third kappa shape index (κ3) is 3.97. The normalized spacial score (nSPS) is 11.4. The predicted octanol–water partition coefficient (Wildman–Crippen LogP) is 1.84. The van der Waals surface area contributed by atoms with Crippen molar-refractivity contribution in [3.63, 3.8) is 0 Å². The first-order chi connectivity index (χ1) is 13.0. The third-order valence-electron chi connectivity index (χ3n) is 3.66. The Labute approximate surface area is 159 Å². The molecule has 2 aromatic heterocycles. The van der Waals surface area contributed by atoms with E-state index >= 15 is 0 Å². The number of hydrogen-bond donors (Lipinski definition) is 2. The van der Waals surface area contributed by atoms with Gasteiger partial charge in [-0.1, -0.05) is 31.2 Å². The van der Waals surface area contributed by atoms with Crippen molar-refractivity contribution >= 4 is 29.7 Å². The van der Waals surface area contributed by atoms with Crippen LogP contribution in [-0.4, -0.2) is 43.7 Å². The maximum atomic E-state index is 12.5. The number of hydrogen-bond acceptors (Lipinski definition) is 9. The van der Waals surface area contributed by atoms with Gasteiger partial charge in [-0.15, -0.1) is 16.9 Å². The number of hydrazone groups is 1. The summed E-state index contributed by atoms with van der Waals surface area (Å²) in [5.41, 5.74) is 9.69. The zero-order valence-electron chi connectivity index (χ0n) is 14.9. The summed E-state index contributed by atoms with van der Waals surface area (Å²) in [5, 5.41) is 19.1. The second-order valence-electron chi connectivity index (χ2n) is 5.84. The molecule has 0 fully saturated rings. The monoisotopic (exact) mass is 386 g/mol. The van der Waals surface area contributed by atoms with Crippen LogP contribution in [0.2, 0.25) is 0 Å². The van der Waals surface area contributed by atoms with Gasteiger partial charge in [0.25, 0.3) is 5.91 Å². The standard InChI is InChI=1S/C16H18N8O2S/c1-9(2)13-12(19-23-24(13)15-14(17)21-26-22-15)16(25)20-18-8-10-4-6-11(27-3)7-5-10/h4-9H,1-3H3,(H2,17,21)(H,20,25)/b18-8+. The number of nitrogen functional groups attached to an aromatic ring is 1. The van der Waals surface area contributed by atoms with E-state index in [9.17, 15) is 4.79 Å². The number of rotatable bonds is 6. The summed E-state index contributed by atoms with van der Waals surface area (Å²) in [7, 11) is 0. The lowest BCUT2D eigenvalue weighted by Crippen LogP contribution is -2.21. The summed E-state index contributed by atoms with van der Waals surface area (Å²) >= 11 is 1.65. The molecule has 1 aromatic carbocycles. The van der Waals surface area contributed by atoms with Crippen molar-refractivity contribution in [2.24, 2.45) is 5.10 Å². The molecule has 1 amide bonds. The second kappa shape index (κ2) is 7.99. The summed E-state index contributed by atoms with van der Waals surface area (Å²) in [5.74, 6) is -0.333. The Bertz CT molecular complexity index is 961. The van der Waals surface area contributed by atoms with Crippen LogP contribution in [0.5, 0.6) is 0 Å². The van der Waals surface area contributed by atoms with Crippen LogP contribution in [0, 0.1) is 0 Å². The Morgan fingerprint density at radius 2 is 2.07 bits per heavy atom. The van der Waals surface area contributed by atoms with E-state index in [1.165, 1.54) is 4.68 Å². The molecule has 2 heterocycles. The van der Waals surface area contributed by atoms with E-state index in [1.54, 1.807) is 18.0 Å². The number of nitrogens with one attached hydrogen (secondary N) is 1. The zero-order chi connectivity index (χ0) is 19.4. The first kappa shape index (κ1) is 18.6. The van der Waals surface area contributed by atoms with E-state index in [0.29, 0.717) is 5.69 Å². The van der Waals surface area contributed by atoms with Crippen LogP contribution in [0.4, 0.5) is 5.82 Å². The number of carbonyl (C=O) groups excluding carboxylic acids is 1. The van der Waals surface area contributed by atoms with Gasteiger partial charge in [0, 0.05) is 4.90 Å². The zero-order valence-corrected chi connectivity index (χ0v) is 15.8. The third-order valence-corrected chi connectivity index (χ3v) is 4.40. The average Bonchev–Trinajstić information content (AvgIpc) is 3.28. The van der Waals surface area contributed by atoms with Crippen molar-refractivity contribution in [1.29, 1.82) is 0 Å². The SMILES string of the molecule is CSc1ccc(/C=N/NC(=O)c2nnn(-c3nonc3N)c2C(C)C)cc1. The summed E-state index contributed by atoms with van der Waals surface area (Å²) in [6, 6.07) is 7.79. The molecule has 0 bridgehead atoms. The average molecular weight is 386 g/mol. The summed E-state index contributed by atoms with van der Waals surface area (Å²) in [6.07, 6.45) is 3.56. The van der Waals surface area contributed by atoms with E-state index in [4.69, 9.17) is 5.73 Å². The van der Waals surface area contributed by atoms with Gasteiger partial charge in [0.15, 0.2) is 5.69 Å². The van der Waals surface area contributed by atoms with E-state index in [1.807, 2.05) is 44.4 Å². The molecule has 3 N–H and O–H groups in total. The van der Waals surface area contributed by atoms with Gasteiger partial charge in [0.05, 0.1) is 11.9 Å². The number of benzene rings is 1. The van der Waals surface area contributed by atoms with Gasteiger partial charge in [-0.25, -0.2) is 10.1 Å². The van der Waals surface area contributed by atoms with Crippen LogP contribution in [0.1, 0.15) is 41.5 Å². The molecule has 0 aliphatic carbocycles. The van der Waals surface area contributed by atoms with Gasteiger partial charge < -0.3 is 5.73 Å². The summed E-state index contributed by atoms with van der Waals surface area (Å²) in [4.78, 5) is 13.6. The van der Waals surface area contributed by atoms with Crippen molar-refractivity contribution in [2.45, 2.75) is 24.7 Å². The van der Waals surface area contributed by atoms with Gasteiger partial charge >= 0.3 is 0 Å². The number of carbonyl (C=O) groups is 1. The van der Waals surface area contributed by atoms with E-state index in [0.717, 1.165) is 10.5 Å². The van der Waals surface area contributed by atoms with Crippen LogP contribution in [0.3, 0.4) is 0 Å². The minimum atomic E-state index is -0.489. The van der Waals surface area contributed by atoms with Crippen LogP contribution in [0.25, 0.3) is 5.82 Å². The highest BCUT2D eigenvalue weighted by Crippen LogP contribution is 2.22. The molecule has 0 saturated carbocycles. The molecule has 3 aromatic rings. The van der Waals surface area contributed by atoms with Crippen LogP contribution in [0.15, 0.2) is 38.9 Å². The van der Waals surface area contributed by atoms with Crippen LogP contribution < -0.4 is 11.2 Å². The lowest BCUT2D eigenvalue weighted by Gasteiger charge is -2.08. The van der Waals surface area contributed by atoms with Gasteiger partial charge in [-0.05, 0) is 40.2 Å². The lowest BCUT2D eigenvalue weighted by atomic mass is 10.1. The molecule has 0 aliphatic rings. The topological polar surface area (TPSA) is 137 Å². The number of amides is 1. The molecule has 0 saturated heterocycles. The Morgan fingerprint density at radius 3 is 2.67 bits per heavy atom. The highest BCUT2D eigenvalue weighted by atomic mass is 32.2. The molecule has 0 radical (unpaired) electrons. The molecule has 0 spiro atoms. The molecule has 10 nitrogen and oxygen atoms in total. The van der Waals surface area contributed by atoms with E-state index in [-0.39, 0.29) is 23.2 Å². The maximum absolute atomic E-state index is 12.5. The summed E-state index contributed by atoms with van der Waals surface area (Å²) in [6.45, 7) is 3.79. The van der Waals surface area contributed by atoms with E-state index in [2.05, 4.69) is 35.8 Å². The smallest absolute Gasteiger partial charge is 0.293 e. The number of aromatic nitrogens is 5. The molecule has 0 unspecified atom stereocenters. The highest BCUT2D eigenvalue weighted by Gasteiger charge is 2.25. The van der Waals surface area contributed by atoms with Crippen molar-refractivity contribution in [1.82, 2.24) is 30.7 Å². The van der Waals surface area contributed by atoms with Crippen LogP contribution in [-0.2, 0) is 0 Å². The molecule has 11 heteroatoms. The molecule has 0 atom stereocenters. The Balaban J connectivity index is 1.79. The molecular formula is C16H18N8O2S. The number of anilines is 1. The lowest BCUT2D eigenvalue weighted by molar-refractivity contribution is 0.0948. The fourth-order valence-corrected chi connectivity index (χ4v) is 2.78. The Hall–Kier alpha value is -3.21. The quantitative estimate of drug-likeness (QED) is 0.372. The Morgan fingerprint density at radius 1 is 1.33 bits per heavy atom. The molecule has 0 aliphatic heterocycles. The van der Waals surface area contributed by atoms with Gasteiger partial charge in [-0.3, -0.25) is 4.79 Å². The second-order valence-corrected chi connectivity index (χ2v) is 6.71. The van der Waals surface area contributed by atoms with E-state index < -0.39 is 5.91 Å². The van der Waals surface area contributed by atoms with Crippen molar-refractivity contribution in [3.05, 3.63) is 41.2 Å². The van der Waals surface area contributed by atoms with Crippen molar-refractivity contribution in [2.75, 3.05) is 12.0 Å². The fourth-order valence-electron chi connectivity index (χ4n) is 2.37. The Kier molecular flexibility index (Phi) is 5.50.